The maximum atomic E-state index is 10.5. The van der Waals surface area contributed by atoms with E-state index >= 15 is 0 Å². The van der Waals surface area contributed by atoms with Crippen LogP contribution in [0.5, 0.6) is 0 Å². The van der Waals surface area contributed by atoms with E-state index < -0.39 is 4.92 Å². The zero-order valence-corrected chi connectivity index (χ0v) is 7.56. The topological polar surface area (TPSA) is 81.2 Å². The van der Waals surface area contributed by atoms with Gasteiger partial charge in [-0.1, -0.05) is 6.07 Å². The van der Waals surface area contributed by atoms with Crippen molar-refractivity contribution in [2.24, 2.45) is 5.73 Å². The molecule has 1 aliphatic heterocycles. The fourth-order valence-corrected chi connectivity index (χ4v) is 1.67. The van der Waals surface area contributed by atoms with Crippen molar-refractivity contribution < 1.29 is 4.92 Å². The average Bonchev–Trinajstić information content (AvgIpc) is 2.18. The first kappa shape index (κ1) is 9.11. The van der Waals surface area contributed by atoms with Gasteiger partial charge in [0.05, 0.1) is 4.92 Å². The first-order valence-electron chi connectivity index (χ1n) is 4.42. The minimum atomic E-state index is -0.394. The summed E-state index contributed by atoms with van der Waals surface area (Å²) in [6, 6.07) is 4.71. The molecule has 0 saturated heterocycles. The van der Waals surface area contributed by atoms with E-state index in [1.54, 1.807) is 12.1 Å². The molecule has 0 fully saturated rings. The number of nitrogens with zero attached hydrogens (tertiary/aromatic N) is 1. The summed E-state index contributed by atoms with van der Waals surface area (Å²) in [7, 11) is 0. The minimum absolute atomic E-state index is 0.112. The van der Waals surface area contributed by atoms with Crippen LogP contribution in [0.3, 0.4) is 0 Å². The Morgan fingerprint density at radius 1 is 1.57 bits per heavy atom. The highest BCUT2D eigenvalue weighted by atomic mass is 16.6. The Bertz CT molecular complexity index is 378. The van der Waals surface area contributed by atoms with Gasteiger partial charge in [0, 0.05) is 31.3 Å². The maximum absolute atomic E-state index is 10.5. The van der Waals surface area contributed by atoms with Crippen LogP contribution in [0.4, 0.5) is 5.69 Å². The molecule has 1 heterocycles. The molecule has 0 spiro atoms. The molecule has 0 aromatic heterocycles. The van der Waals surface area contributed by atoms with Gasteiger partial charge in [-0.15, -0.1) is 0 Å². The quantitative estimate of drug-likeness (QED) is 0.508. The fourth-order valence-electron chi connectivity index (χ4n) is 1.67. The molecule has 0 aliphatic carbocycles. The summed E-state index contributed by atoms with van der Waals surface area (Å²) in [6.45, 7) is 1.41. The molecule has 0 radical (unpaired) electrons. The van der Waals surface area contributed by atoms with E-state index in [1.807, 2.05) is 0 Å². The Kier molecular flexibility index (Phi) is 2.18. The van der Waals surface area contributed by atoms with Crippen LogP contribution in [0.15, 0.2) is 18.2 Å². The zero-order chi connectivity index (χ0) is 10.1. The normalized spacial score (nSPS) is 20.2. The third-order valence-corrected chi connectivity index (χ3v) is 2.42. The number of non-ortho nitro benzene ring substituents is 1. The molecule has 0 bridgehead atoms. The lowest BCUT2D eigenvalue weighted by Crippen LogP contribution is -2.32. The van der Waals surface area contributed by atoms with Gasteiger partial charge in [0.15, 0.2) is 0 Å². The highest BCUT2D eigenvalue weighted by Gasteiger charge is 2.19. The third-order valence-electron chi connectivity index (χ3n) is 2.42. The molecular formula is C9H11N3O2. The van der Waals surface area contributed by atoms with E-state index in [4.69, 9.17) is 5.73 Å². The van der Waals surface area contributed by atoms with Crippen molar-refractivity contribution >= 4 is 5.69 Å². The summed E-state index contributed by atoms with van der Waals surface area (Å²) in [4.78, 5) is 10.1. The third kappa shape index (κ3) is 1.47. The number of nitro benzene ring substituents is 1. The highest BCUT2D eigenvalue weighted by molar-refractivity contribution is 5.42. The highest BCUT2D eigenvalue weighted by Crippen LogP contribution is 2.24. The Morgan fingerprint density at radius 3 is 3.07 bits per heavy atom. The van der Waals surface area contributed by atoms with Crippen LogP contribution >= 0.6 is 0 Å². The van der Waals surface area contributed by atoms with Gasteiger partial charge in [0.25, 0.3) is 5.69 Å². The Labute approximate surface area is 81.1 Å². The van der Waals surface area contributed by atoms with Gasteiger partial charge in [0.1, 0.15) is 0 Å². The molecule has 1 unspecified atom stereocenters. The smallest absolute Gasteiger partial charge is 0.269 e. The van der Waals surface area contributed by atoms with Crippen molar-refractivity contribution in [1.82, 2.24) is 5.32 Å². The zero-order valence-electron chi connectivity index (χ0n) is 7.56. The summed E-state index contributed by atoms with van der Waals surface area (Å²) in [5.41, 5.74) is 7.88. The number of rotatable bonds is 1. The fraction of sp³-hybridized carbons (Fsp3) is 0.333. The molecule has 0 saturated carbocycles. The summed E-state index contributed by atoms with van der Waals surface area (Å²) in [6.07, 6.45) is 0. The molecule has 3 N–H and O–H groups in total. The number of nitrogens with one attached hydrogen (secondary N) is 1. The average molecular weight is 193 g/mol. The predicted octanol–water partition coefficient (Wildman–Crippen LogP) is 0.698. The van der Waals surface area contributed by atoms with Crippen LogP contribution in [0.1, 0.15) is 17.2 Å². The number of hydrogen-bond acceptors (Lipinski definition) is 4. The van der Waals surface area contributed by atoms with E-state index in [0.29, 0.717) is 6.54 Å². The van der Waals surface area contributed by atoms with Crippen molar-refractivity contribution in [2.75, 3.05) is 6.54 Å². The standard InChI is InChI=1S/C9H11N3O2/c10-9-5-11-4-6-1-2-7(12(13)14)3-8(6)9/h1-3,9,11H,4-5,10H2. The predicted molar refractivity (Wildman–Crippen MR) is 51.7 cm³/mol. The van der Waals surface area contributed by atoms with E-state index in [9.17, 15) is 10.1 Å². The van der Waals surface area contributed by atoms with E-state index in [1.165, 1.54) is 6.07 Å². The second-order valence-electron chi connectivity index (χ2n) is 3.38. The largest absolute Gasteiger partial charge is 0.323 e. The summed E-state index contributed by atoms with van der Waals surface area (Å²) in [5.74, 6) is 0. The van der Waals surface area contributed by atoms with Crippen LogP contribution < -0.4 is 11.1 Å². The molecule has 2 rings (SSSR count). The summed E-state index contributed by atoms with van der Waals surface area (Å²) >= 11 is 0. The monoisotopic (exact) mass is 193 g/mol. The molecule has 5 heteroatoms. The van der Waals surface area contributed by atoms with Gasteiger partial charge < -0.3 is 11.1 Å². The molecule has 0 amide bonds. The van der Waals surface area contributed by atoms with Gasteiger partial charge in [-0.2, -0.15) is 0 Å². The summed E-state index contributed by atoms with van der Waals surface area (Å²) < 4.78 is 0. The van der Waals surface area contributed by atoms with E-state index in [0.717, 1.165) is 17.7 Å². The van der Waals surface area contributed by atoms with Crippen molar-refractivity contribution in [2.45, 2.75) is 12.6 Å². The van der Waals surface area contributed by atoms with Gasteiger partial charge in [-0.3, -0.25) is 10.1 Å². The summed E-state index contributed by atoms with van der Waals surface area (Å²) in [5, 5.41) is 13.7. The van der Waals surface area contributed by atoms with Crippen LogP contribution in [-0.4, -0.2) is 11.5 Å². The van der Waals surface area contributed by atoms with Gasteiger partial charge in [-0.25, -0.2) is 0 Å². The second kappa shape index (κ2) is 3.36. The first-order chi connectivity index (χ1) is 6.68. The van der Waals surface area contributed by atoms with Gasteiger partial charge >= 0.3 is 0 Å². The number of nitro groups is 1. The molecule has 74 valence electrons. The number of benzene rings is 1. The molecule has 14 heavy (non-hydrogen) atoms. The van der Waals surface area contributed by atoms with Gasteiger partial charge in [-0.05, 0) is 11.1 Å². The lowest BCUT2D eigenvalue weighted by Gasteiger charge is -2.22. The lowest BCUT2D eigenvalue weighted by molar-refractivity contribution is -0.385. The van der Waals surface area contributed by atoms with Crippen molar-refractivity contribution in [3.8, 4) is 0 Å². The Hall–Kier alpha value is -1.46. The van der Waals surface area contributed by atoms with Crippen molar-refractivity contribution in [1.29, 1.82) is 0 Å². The maximum Gasteiger partial charge on any atom is 0.269 e. The lowest BCUT2D eigenvalue weighted by atomic mass is 9.97. The molecule has 1 aromatic rings. The van der Waals surface area contributed by atoms with Crippen LogP contribution in [0.25, 0.3) is 0 Å². The van der Waals surface area contributed by atoms with Gasteiger partial charge in [0.2, 0.25) is 0 Å². The Balaban J connectivity index is 2.45. The number of hydrogen-bond donors (Lipinski definition) is 2. The van der Waals surface area contributed by atoms with Crippen molar-refractivity contribution in [3.63, 3.8) is 0 Å². The van der Waals surface area contributed by atoms with E-state index in [2.05, 4.69) is 5.32 Å². The minimum Gasteiger partial charge on any atom is -0.323 e. The second-order valence-corrected chi connectivity index (χ2v) is 3.38. The molecule has 1 atom stereocenters. The molecule has 1 aromatic carbocycles. The molecule has 1 aliphatic rings. The number of nitrogens with two attached hydrogens (primary N) is 1. The number of fused-ring (bicyclic) bond motifs is 1. The Morgan fingerprint density at radius 2 is 2.36 bits per heavy atom. The molecule has 5 nitrogen and oxygen atoms in total. The van der Waals surface area contributed by atoms with Crippen LogP contribution in [-0.2, 0) is 6.54 Å². The van der Waals surface area contributed by atoms with E-state index in [-0.39, 0.29) is 11.7 Å². The van der Waals surface area contributed by atoms with Crippen molar-refractivity contribution in [3.05, 3.63) is 39.4 Å². The molecular weight excluding hydrogens is 182 g/mol. The first-order valence-corrected chi connectivity index (χ1v) is 4.42. The SMILES string of the molecule is NC1CNCc2ccc([N+](=O)[O-])cc21. The van der Waals surface area contributed by atoms with Crippen LogP contribution in [0.2, 0.25) is 0 Å². The van der Waals surface area contributed by atoms with Crippen LogP contribution in [0, 0.1) is 10.1 Å².